The average Bonchev–Trinajstić information content (AvgIpc) is 2.74. The number of sulfonamides is 1. The van der Waals surface area contributed by atoms with E-state index in [-0.39, 0.29) is 0 Å². The zero-order valence-electron chi connectivity index (χ0n) is 18.4. The van der Waals surface area contributed by atoms with E-state index in [1.54, 1.807) is 31.2 Å². The smallest absolute Gasteiger partial charge is 0.247 e. The second kappa shape index (κ2) is 9.57. The van der Waals surface area contributed by atoms with Crippen molar-refractivity contribution >= 4 is 33.0 Å². The molecule has 0 radical (unpaired) electrons. The van der Waals surface area contributed by atoms with E-state index >= 15 is 0 Å². The number of nitrogens with one attached hydrogen (secondary N) is 1. The van der Waals surface area contributed by atoms with Gasteiger partial charge < -0.3 is 19.9 Å². The van der Waals surface area contributed by atoms with Crippen molar-refractivity contribution in [2.75, 3.05) is 61.1 Å². The Morgan fingerprint density at radius 1 is 1.03 bits per heavy atom. The summed E-state index contributed by atoms with van der Waals surface area (Å²) in [5, 5.41) is 2.83. The van der Waals surface area contributed by atoms with E-state index in [9.17, 15) is 13.2 Å². The minimum atomic E-state index is -3.68. The van der Waals surface area contributed by atoms with Gasteiger partial charge in [0.15, 0.2) is 0 Å². The van der Waals surface area contributed by atoms with Gasteiger partial charge in [0.05, 0.1) is 19.1 Å². The summed E-state index contributed by atoms with van der Waals surface area (Å²) in [5.41, 5.74) is 2.13. The topological polar surface area (TPSA) is 82.2 Å². The van der Waals surface area contributed by atoms with Crippen LogP contribution in [0.15, 0.2) is 48.5 Å². The molecule has 1 heterocycles. The van der Waals surface area contributed by atoms with Gasteiger partial charge in [-0.05, 0) is 62.5 Å². The molecule has 0 spiro atoms. The Morgan fingerprint density at radius 2 is 1.61 bits per heavy atom. The highest BCUT2D eigenvalue weighted by Gasteiger charge is 2.29. The molecule has 0 aromatic heterocycles. The molecule has 0 saturated carbocycles. The number of hydrogen-bond acceptors (Lipinski definition) is 6. The number of nitrogens with zero attached hydrogens (tertiary/aromatic N) is 3. The number of likely N-dealkylation sites (N-methyl/N-ethyl adjacent to an activating group) is 1. The summed E-state index contributed by atoms with van der Waals surface area (Å²) in [4.78, 5) is 17.5. The van der Waals surface area contributed by atoms with Gasteiger partial charge in [-0.2, -0.15) is 0 Å². The van der Waals surface area contributed by atoms with Crippen molar-refractivity contribution in [2.45, 2.75) is 13.0 Å². The van der Waals surface area contributed by atoms with E-state index < -0.39 is 22.0 Å². The molecule has 8 nitrogen and oxygen atoms in total. The molecule has 1 aliphatic heterocycles. The molecule has 1 N–H and O–H groups in total. The lowest BCUT2D eigenvalue weighted by Gasteiger charge is -2.34. The van der Waals surface area contributed by atoms with Crippen molar-refractivity contribution in [3.05, 3.63) is 48.5 Å². The molecule has 31 heavy (non-hydrogen) atoms. The zero-order valence-corrected chi connectivity index (χ0v) is 19.2. The van der Waals surface area contributed by atoms with Crippen LogP contribution in [0.1, 0.15) is 6.92 Å². The predicted molar refractivity (Wildman–Crippen MR) is 125 cm³/mol. The van der Waals surface area contributed by atoms with Crippen molar-refractivity contribution in [1.29, 1.82) is 0 Å². The van der Waals surface area contributed by atoms with Gasteiger partial charge in [-0.25, -0.2) is 8.42 Å². The monoisotopic (exact) mass is 446 g/mol. The third kappa shape index (κ3) is 5.68. The molecule has 1 aliphatic rings. The lowest BCUT2D eigenvalue weighted by Crippen LogP contribution is -2.45. The van der Waals surface area contributed by atoms with Crippen molar-refractivity contribution in [3.8, 4) is 5.75 Å². The van der Waals surface area contributed by atoms with Crippen LogP contribution in [-0.2, 0) is 14.8 Å². The second-order valence-corrected chi connectivity index (χ2v) is 9.62. The molecule has 1 unspecified atom stereocenters. The molecule has 1 saturated heterocycles. The molecule has 0 bridgehead atoms. The van der Waals surface area contributed by atoms with Gasteiger partial charge in [-0.1, -0.05) is 0 Å². The third-order valence-electron chi connectivity index (χ3n) is 5.42. The quantitative estimate of drug-likeness (QED) is 0.703. The molecule has 3 rings (SSSR count). The lowest BCUT2D eigenvalue weighted by atomic mass is 10.2. The summed E-state index contributed by atoms with van der Waals surface area (Å²) in [5.74, 6) is 0.198. The normalized spacial score (nSPS) is 15.9. The number of anilines is 3. The largest absolute Gasteiger partial charge is 0.497 e. The molecular formula is C22H30N4O4S. The Balaban J connectivity index is 1.71. The first kappa shape index (κ1) is 22.9. The third-order valence-corrected chi connectivity index (χ3v) is 6.66. The van der Waals surface area contributed by atoms with Crippen LogP contribution in [0.25, 0.3) is 0 Å². The summed E-state index contributed by atoms with van der Waals surface area (Å²) in [6, 6.07) is 13.3. The van der Waals surface area contributed by atoms with Gasteiger partial charge in [0.1, 0.15) is 11.8 Å². The summed E-state index contributed by atoms with van der Waals surface area (Å²) in [7, 11) is -0.0287. The summed E-state index contributed by atoms with van der Waals surface area (Å²) in [6.45, 7) is 5.53. The van der Waals surface area contributed by atoms with E-state index in [4.69, 9.17) is 4.74 Å². The Labute approximate surface area is 184 Å². The fourth-order valence-corrected chi connectivity index (χ4v) is 4.78. The Bertz CT molecular complexity index is 985. The van der Waals surface area contributed by atoms with Gasteiger partial charge in [0.25, 0.3) is 0 Å². The minimum absolute atomic E-state index is 0.399. The number of hydrogen-bond donors (Lipinski definition) is 1. The van der Waals surface area contributed by atoms with Crippen LogP contribution in [0.4, 0.5) is 17.1 Å². The molecule has 1 amide bonds. The van der Waals surface area contributed by atoms with Crippen molar-refractivity contribution in [2.24, 2.45) is 0 Å². The molecule has 2 aromatic carbocycles. The number of ether oxygens (including phenoxy) is 1. The van der Waals surface area contributed by atoms with Crippen molar-refractivity contribution in [1.82, 2.24) is 4.90 Å². The number of methoxy groups -OCH3 is 1. The maximum absolute atomic E-state index is 12.9. The highest BCUT2D eigenvalue weighted by atomic mass is 32.2. The van der Waals surface area contributed by atoms with E-state index in [2.05, 4.69) is 22.2 Å². The van der Waals surface area contributed by atoms with E-state index in [1.165, 1.54) is 7.11 Å². The highest BCUT2D eigenvalue weighted by molar-refractivity contribution is 7.92. The first-order valence-electron chi connectivity index (χ1n) is 10.2. The van der Waals surface area contributed by atoms with Crippen LogP contribution < -0.4 is 19.3 Å². The van der Waals surface area contributed by atoms with Crippen molar-refractivity contribution < 1.29 is 17.9 Å². The molecule has 9 heteroatoms. The van der Waals surface area contributed by atoms with Gasteiger partial charge in [-0.3, -0.25) is 9.10 Å². The van der Waals surface area contributed by atoms with Gasteiger partial charge in [0, 0.05) is 37.6 Å². The summed E-state index contributed by atoms with van der Waals surface area (Å²) in [6.07, 6.45) is 1.09. The van der Waals surface area contributed by atoms with Crippen LogP contribution in [0.2, 0.25) is 0 Å². The number of carbonyl (C=O) groups is 1. The number of piperazine rings is 1. The van der Waals surface area contributed by atoms with Crippen molar-refractivity contribution in [3.63, 3.8) is 0 Å². The van der Waals surface area contributed by atoms with Crippen LogP contribution in [-0.4, -0.2) is 71.9 Å². The number of amides is 1. The molecule has 168 valence electrons. The Morgan fingerprint density at radius 3 is 2.13 bits per heavy atom. The lowest BCUT2D eigenvalue weighted by molar-refractivity contribution is -0.116. The van der Waals surface area contributed by atoms with E-state index in [0.717, 1.165) is 42.4 Å². The average molecular weight is 447 g/mol. The number of carbonyl (C=O) groups excluding carboxylic acids is 1. The first-order chi connectivity index (χ1) is 14.7. The molecule has 0 aliphatic carbocycles. The number of benzene rings is 2. The fraction of sp³-hybridized carbons (Fsp3) is 0.409. The second-order valence-electron chi connectivity index (χ2n) is 7.76. The maximum Gasteiger partial charge on any atom is 0.247 e. The molecule has 1 atom stereocenters. The highest BCUT2D eigenvalue weighted by Crippen LogP contribution is 2.25. The SMILES string of the molecule is COc1ccc(N(C(C)C(=O)Nc2ccc(N3CCN(C)CC3)cc2)S(C)(=O)=O)cc1. The zero-order chi connectivity index (χ0) is 22.6. The summed E-state index contributed by atoms with van der Waals surface area (Å²) < 4.78 is 31.1. The van der Waals surface area contributed by atoms with Gasteiger partial charge in [-0.15, -0.1) is 0 Å². The van der Waals surface area contributed by atoms with E-state index in [1.807, 2.05) is 24.3 Å². The first-order valence-corrected chi connectivity index (χ1v) is 12.0. The molecule has 1 fully saturated rings. The van der Waals surface area contributed by atoms with Crippen LogP contribution in [0, 0.1) is 0 Å². The van der Waals surface area contributed by atoms with Crippen LogP contribution >= 0.6 is 0 Å². The fourth-order valence-electron chi connectivity index (χ4n) is 3.60. The van der Waals surface area contributed by atoms with E-state index in [0.29, 0.717) is 17.1 Å². The number of rotatable bonds is 7. The Hall–Kier alpha value is -2.78. The van der Waals surface area contributed by atoms with Gasteiger partial charge >= 0.3 is 0 Å². The minimum Gasteiger partial charge on any atom is -0.497 e. The van der Waals surface area contributed by atoms with Gasteiger partial charge in [0.2, 0.25) is 15.9 Å². The Kier molecular flexibility index (Phi) is 7.07. The van der Waals surface area contributed by atoms with Crippen LogP contribution in [0.5, 0.6) is 5.75 Å². The maximum atomic E-state index is 12.9. The summed E-state index contributed by atoms with van der Waals surface area (Å²) >= 11 is 0. The van der Waals surface area contributed by atoms with Crippen LogP contribution in [0.3, 0.4) is 0 Å². The predicted octanol–water partition coefficient (Wildman–Crippen LogP) is 2.24. The molecule has 2 aromatic rings. The molecular weight excluding hydrogens is 416 g/mol. The standard InChI is InChI=1S/C22H30N4O4S/c1-17(26(31(4,28)29)20-9-11-21(30-3)12-10-20)22(27)23-18-5-7-19(8-6-18)25-15-13-24(2)14-16-25/h5-12,17H,13-16H2,1-4H3,(H,23,27).